The van der Waals surface area contributed by atoms with Crippen molar-refractivity contribution in [1.82, 2.24) is 0 Å². The summed E-state index contributed by atoms with van der Waals surface area (Å²) >= 11 is 0. The summed E-state index contributed by atoms with van der Waals surface area (Å²) in [5, 5.41) is 5.62. The van der Waals surface area contributed by atoms with Crippen molar-refractivity contribution < 1.29 is 18.0 Å². The molecule has 2 atom stereocenters. The maximum atomic E-state index is 12.4. The Morgan fingerprint density at radius 3 is 1.45 bits per heavy atom. The number of anilines is 2. The van der Waals surface area contributed by atoms with Crippen molar-refractivity contribution in [2.24, 2.45) is 11.8 Å². The van der Waals surface area contributed by atoms with Crippen molar-refractivity contribution in [1.29, 1.82) is 0 Å². The van der Waals surface area contributed by atoms with E-state index in [9.17, 15) is 18.0 Å². The van der Waals surface area contributed by atoms with Crippen molar-refractivity contribution in [3.63, 3.8) is 0 Å². The number of carbonyl (C=O) groups is 2. The highest BCUT2D eigenvalue weighted by Crippen LogP contribution is 2.31. The molecule has 7 heteroatoms. The van der Waals surface area contributed by atoms with Crippen LogP contribution in [0.5, 0.6) is 0 Å². The average molecular weight is 415 g/mol. The predicted octanol–water partition coefficient (Wildman–Crippen LogP) is 3.32. The van der Waals surface area contributed by atoms with Crippen LogP contribution in [0.25, 0.3) is 0 Å². The van der Waals surface area contributed by atoms with Gasteiger partial charge >= 0.3 is 0 Å². The van der Waals surface area contributed by atoms with Gasteiger partial charge in [-0.2, -0.15) is 0 Å². The molecule has 3 rings (SSSR count). The lowest BCUT2D eigenvalue weighted by molar-refractivity contribution is -0.119. The average Bonchev–Trinajstić information content (AvgIpc) is 2.91. The van der Waals surface area contributed by atoms with Gasteiger partial charge in [0, 0.05) is 24.2 Å². The number of amides is 2. The number of hydrogen-bond donors (Lipinski definition) is 2. The van der Waals surface area contributed by atoms with Crippen LogP contribution in [-0.2, 0) is 19.4 Å². The van der Waals surface area contributed by atoms with Gasteiger partial charge in [-0.25, -0.2) is 8.42 Å². The van der Waals surface area contributed by atoms with Crippen LogP contribution < -0.4 is 10.6 Å². The lowest BCUT2D eigenvalue weighted by Crippen LogP contribution is -2.25. The van der Waals surface area contributed by atoms with Gasteiger partial charge in [-0.1, -0.05) is 35.4 Å². The molecule has 6 nitrogen and oxygen atoms in total. The van der Waals surface area contributed by atoms with Gasteiger partial charge in [0.2, 0.25) is 11.8 Å². The highest BCUT2D eigenvalue weighted by molar-refractivity contribution is 7.91. The first-order chi connectivity index (χ1) is 13.7. The van der Waals surface area contributed by atoms with E-state index in [0.29, 0.717) is 11.4 Å². The Hall–Kier alpha value is -2.67. The van der Waals surface area contributed by atoms with E-state index in [1.807, 2.05) is 62.4 Å². The Morgan fingerprint density at radius 2 is 1.10 bits per heavy atom. The summed E-state index contributed by atoms with van der Waals surface area (Å²) in [6, 6.07) is 14.8. The van der Waals surface area contributed by atoms with E-state index >= 15 is 0 Å². The van der Waals surface area contributed by atoms with E-state index in [4.69, 9.17) is 0 Å². The Kier molecular flexibility index (Phi) is 6.37. The molecular weight excluding hydrogens is 388 g/mol. The van der Waals surface area contributed by atoms with Crippen molar-refractivity contribution >= 4 is 33.0 Å². The maximum Gasteiger partial charge on any atom is 0.224 e. The van der Waals surface area contributed by atoms with E-state index in [0.717, 1.165) is 11.1 Å². The number of carbonyl (C=O) groups excluding carboxylic acids is 2. The van der Waals surface area contributed by atoms with E-state index in [2.05, 4.69) is 10.6 Å². The van der Waals surface area contributed by atoms with Crippen molar-refractivity contribution in [3.05, 3.63) is 59.7 Å². The smallest absolute Gasteiger partial charge is 0.224 e. The van der Waals surface area contributed by atoms with Gasteiger partial charge in [0.15, 0.2) is 9.84 Å². The molecule has 0 aromatic heterocycles. The topological polar surface area (TPSA) is 92.3 Å². The summed E-state index contributed by atoms with van der Waals surface area (Å²) in [6.07, 6.45) is 0.158. The van der Waals surface area contributed by atoms with E-state index in [1.165, 1.54) is 0 Å². The second-order valence-electron chi connectivity index (χ2n) is 7.83. The molecule has 0 bridgehead atoms. The van der Waals surface area contributed by atoms with Crippen LogP contribution in [0.2, 0.25) is 0 Å². The van der Waals surface area contributed by atoms with Crippen molar-refractivity contribution in [2.45, 2.75) is 26.7 Å². The quantitative estimate of drug-likeness (QED) is 0.758. The van der Waals surface area contributed by atoms with Gasteiger partial charge < -0.3 is 10.6 Å². The lowest BCUT2D eigenvalue weighted by atomic mass is 9.89. The van der Waals surface area contributed by atoms with Crippen LogP contribution in [0.4, 0.5) is 11.4 Å². The van der Waals surface area contributed by atoms with Crippen LogP contribution in [0.15, 0.2) is 48.5 Å². The number of sulfone groups is 1. The summed E-state index contributed by atoms with van der Waals surface area (Å²) < 4.78 is 24.3. The molecule has 1 heterocycles. The van der Waals surface area contributed by atoms with Gasteiger partial charge in [-0.3, -0.25) is 9.59 Å². The molecule has 2 aromatic carbocycles. The number of aryl methyl sites for hydroxylation is 2. The fourth-order valence-corrected chi connectivity index (χ4v) is 5.84. The normalized spacial score (nSPS) is 20.2. The summed E-state index contributed by atoms with van der Waals surface area (Å²) in [6.45, 7) is 3.92. The molecule has 0 aliphatic carbocycles. The standard InChI is InChI=1S/C22H26N2O4S/c1-15-3-7-19(8-4-15)23-21(25)11-17-13-29(27,28)14-18(17)12-22(26)24-20-9-5-16(2)6-10-20/h3-10,17-18H,11-14H2,1-2H3,(H,23,25)(H,24,26). The number of rotatable bonds is 6. The fourth-order valence-electron chi connectivity index (χ4n) is 3.62. The molecule has 1 saturated heterocycles. The molecule has 2 aromatic rings. The zero-order chi connectivity index (χ0) is 21.0. The first-order valence-electron chi connectivity index (χ1n) is 9.64. The highest BCUT2D eigenvalue weighted by Gasteiger charge is 2.39. The van der Waals surface area contributed by atoms with Crippen LogP contribution in [-0.4, -0.2) is 31.7 Å². The lowest BCUT2D eigenvalue weighted by Gasteiger charge is -2.17. The largest absolute Gasteiger partial charge is 0.326 e. The van der Waals surface area contributed by atoms with E-state index < -0.39 is 9.84 Å². The number of hydrogen-bond acceptors (Lipinski definition) is 4. The zero-order valence-corrected chi connectivity index (χ0v) is 17.5. The third-order valence-electron chi connectivity index (χ3n) is 5.17. The second-order valence-corrected chi connectivity index (χ2v) is 9.99. The Morgan fingerprint density at radius 1 is 0.759 bits per heavy atom. The summed E-state index contributed by atoms with van der Waals surface area (Å²) in [7, 11) is -3.25. The van der Waals surface area contributed by atoms with Crippen molar-refractivity contribution in [3.8, 4) is 0 Å². The third-order valence-corrected chi connectivity index (χ3v) is 7.04. The SMILES string of the molecule is Cc1ccc(NC(=O)CC2CS(=O)(=O)CC2CC(=O)Nc2ccc(C)cc2)cc1. The first kappa shape index (κ1) is 21.0. The van der Waals surface area contributed by atoms with Gasteiger partial charge in [-0.15, -0.1) is 0 Å². The molecule has 2 amide bonds. The zero-order valence-electron chi connectivity index (χ0n) is 16.6. The van der Waals surface area contributed by atoms with Crippen molar-refractivity contribution in [2.75, 3.05) is 22.1 Å². The molecule has 0 spiro atoms. The minimum Gasteiger partial charge on any atom is -0.326 e. The Labute approximate surface area is 171 Å². The van der Waals surface area contributed by atoms with Crippen LogP contribution in [0, 0.1) is 25.7 Å². The Balaban J connectivity index is 1.60. The molecule has 1 aliphatic rings. The predicted molar refractivity (Wildman–Crippen MR) is 114 cm³/mol. The van der Waals surface area contributed by atoms with Crippen LogP contribution in [0.3, 0.4) is 0 Å². The third kappa shape index (κ3) is 6.15. The summed E-state index contributed by atoms with van der Waals surface area (Å²) in [5.74, 6) is -1.32. The maximum absolute atomic E-state index is 12.4. The van der Waals surface area contributed by atoms with Gasteiger partial charge in [0.1, 0.15) is 0 Å². The van der Waals surface area contributed by atoms with E-state index in [1.54, 1.807) is 0 Å². The monoisotopic (exact) mass is 414 g/mol. The molecule has 2 unspecified atom stereocenters. The molecule has 154 valence electrons. The van der Waals surface area contributed by atoms with Gasteiger partial charge in [0.05, 0.1) is 11.5 Å². The summed E-state index contributed by atoms with van der Waals surface area (Å²) in [4.78, 5) is 24.8. The molecule has 29 heavy (non-hydrogen) atoms. The highest BCUT2D eigenvalue weighted by atomic mass is 32.2. The van der Waals surface area contributed by atoms with Gasteiger partial charge in [-0.05, 0) is 49.9 Å². The van der Waals surface area contributed by atoms with Crippen LogP contribution >= 0.6 is 0 Å². The second kappa shape index (κ2) is 8.78. The van der Waals surface area contributed by atoms with Crippen LogP contribution in [0.1, 0.15) is 24.0 Å². The number of nitrogens with one attached hydrogen (secondary N) is 2. The minimum absolute atomic E-state index is 0.0587. The Bertz CT molecular complexity index is 907. The first-order valence-corrected chi connectivity index (χ1v) is 11.5. The molecule has 2 N–H and O–H groups in total. The fraction of sp³-hybridized carbons (Fsp3) is 0.364. The molecule has 0 saturated carbocycles. The van der Waals surface area contributed by atoms with Gasteiger partial charge in [0.25, 0.3) is 0 Å². The molecule has 0 radical (unpaired) electrons. The molecule has 1 aliphatic heterocycles. The minimum atomic E-state index is -3.25. The molecular formula is C22H26N2O4S. The summed E-state index contributed by atoms with van der Waals surface area (Å²) in [5.41, 5.74) is 3.53. The molecule has 1 fully saturated rings. The number of benzene rings is 2. The van der Waals surface area contributed by atoms with E-state index in [-0.39, 0.29) is 48.0 Å².